The summed E-state index contributed by atoms with van der Waals surface area (Å²) in [4.78, 5) is 13.2. The maximum atomic E-state index is 12.9. The number of hydrogen-bond acceptors (Lipinski definition) is 2. The highest BCUT2D eigenvalue weighted by Gasteiger charge is 2.58. The van der Waals surface area contributed by atoms with Gasteiger partial charge in [-0.1, -0.05) is 44.2 Å². The van der Waals surface area contributed by atoms with Gasteiger partial charge in [-0.05, 0) is 24.4 Å². The molecule has 27 heavy (non-hydrogen) atoms. The molecule has 0 unspecified atom stereocenters. The van der Waals surface area contributed by atoms with Crippen molar-refractivity contribution in [2.24, 2.45) is 17.3 Å². The van der Waals surface area contributed by atoms with E-state index in [0.717, 1.165) is 5.56 Å². The first-order valence-electron chi connectivity index (χ1n) is 8.23. The summed E-state index contributed by atoms with van der Waals surface area (Å²) >= 11 is 0. The third-order valence-corrected chi connectivity index (χ3v) is 4.48. The number of rotatable bonds is 8. The molecular weight excluding hydrogens is 376 g/mol. The van der Waals surface area contributed by atoms with Crippen molar-refractivity contribution in [3.05, 3.63) is 35.9 Å². The second-order valence-electron chi connectivity index (χ2n) is 7.41. The zero-order valence-corrected chi connectivity index (χ0v) is 15.2. The van der Waals surface area contributed by atoms with Crippen LogP contribution in [0.25, 0.3) is 0 Å². The Labute approximate surface area is 154 Å². The second-order valence-corrected chi connectivity index (χ2v) is 7.41. The summed E-state index contributed by atoms with van der Waals surface area (Å²) in [5, 5.41) is 9.34. The topological polar surface area (TPSA) is 40.5 Å². The van der Waals surface area contributed by atoms with Crippen LogP contribution in [-0.2, 0) is 11.3 Å². The van der Waals surface area contributed by atoms with Crippen molar-refractivity contribution in [3.8, 4) is 0 Å². The summed E-state index contributed by atoms with van der Waals surface area (Å²) in [6.07, 6.45) is -12.7. The second kappa shape index (κ2) is 8.50. The van der Waals surface area contributed by atoms with Crippen LogP contribution in [0.5, 0.6) is 0 Å². The molecule has 3 nitrogen and oxygen atoms in total. The maximum Gasteiger partial charge on any atom is 0.400 e. The molecule has 0 radical (unpaired) electrons. The summed E-state index contributed by atoms with van der Waals surface area (Å²) in [5.41, 5.74) is -0.421. The summed E-state index contributed by atoms with van der Waals surface area (Å²) in [6, 6.07) is 9.04. The van der Waals surface area contributed by atoms with Crippen molar-refractivity contribution in [1.29, 1.82) is 0 Å². The number of nitrogens with zero attached hydrogens (tertiary/aromatic N) is 1. The average Bonchev–Trinajstić information content (AvgIpc) is 2.44. The fourth-order valence-electron chi connectivity index (χ4n) is 3.20. The van der Waals surface area contributed by atoms with Gasteiger partial charge in [0.05, 0.1) is 5.92 Å². The Morgan fingerprint density at radius 3 is 1.93 bits per heavy atom. The smallest absolute Gasteiger partial charge is 0.400 e. The quantitative estimate of drug-likeness (QED) is 0.627. The summed E-state index contributed by atoms with van der Waals surface area (Å²) in [7, 11) is 1.64. The molecule has 0 saturated heterocycles. The van der Waals surface area contributed by atoms with Gasteiger partial charge in [-0.2, -0.15) is 26.3 Å². The van der Waals surface area contributed by atoms with Crippen LogP contribution in [-0.4, -0.2) is 41.9 Å². The molecular formula is C18H23F6NO2. The molecule has 0 aromatic heterocycles. The van der Waals surface area contributed by atoms with Gasteiger partial charge in [-0.3, -0.25) is 4.79 Å². The number of carbonyl (C=O) groups is 1. The van der Waals surface area contributed by atoms with Crippen molar-refractivity contribution >= 4 is 5.97 Å². The van der Waals surface area contributed by atoms with E-state index in [-0.39, 0.29) is 6.54 Å². The van der Waals surface area contributed by atoms with Gasteiger partial charge in [0.25, 0.3) is 0 Å². The largest absolute Gasteiger partial charge is 0.481 e. The van der Waals surface area contributed by atoms with Crippen LogP contribution in [0.3, 0.4) is 0 Å². The third kappa shape index (κ3) is 7.04. The molecule has 154 valence electrons. The molecule has 0 saturated carbocycles. The molecule has 1 atom stereocenters. The number of carboxylic acids is 1. The van der Waals surface area contributed by atoms with E-state index in [1.165, 1.54) is 13.8 Å². The molecule has 0 spiro atoms. The lowest BCUT2D eigenvalue weighted by molar-refractivity contribution is -0.289. The number of halogens is 6. The molecule has 0 amide bonds. The van der Waals surface area contributed by atoms with Gasteiger partial charge in [0.1, 0.15) is 0 Å². The lowest BCUT2D eigenvalue weighted by atomic mass is 9.73. The van der Waals surface area contributed by atoms with E-state index in [2.05, 4.69) is 0 Å². The van der Waals surface area contributed by atoms with Gasteiger partial charge in [-0.15, -0.1) is 0 Å². The molecule has 0 bridgehead atoms. The van der Waals surface area contributed by atoms with Crippen LogP contribution in [0.15, 0.2) is 30.3 Å². The maximum absolute atomic E-state index is 12.9. The molecule has 0 heterocycles. The Balaban J connectivity index is 2.97. The van der Waals surface area contributed by atoms with E-state index in [0.29, 0.717) is 6.54 Å². The van der Waals surface area contributed by atoms with Crippen LogP contribution in [0.4, 0.5) is 26.3 Å². The van der Waals surface area contributed by atoms with Gasteiger partial charge in [0, 0.05) is 13.1 Å². The molecule has 1 rings (SSSR count). The fourth-order valence-corrected chi connectivity index (χ4v) is 3.20. The van der Waals surface area contributed by atoms with Gasteiger partial charge in [0.2, 0.25) is 0 Å². The van der Waals surface area contributed by atoms with E-state index in [4.69, 9.17) is 0 Å². The minimum absolute atomic E-state index is 0.0152. The van der Waals surface area contributed by atoms with Gasteiger partial charge < -0.3 is 10.0 Å². The fraction of sp³-hybridized carbons (Fsp3) is 0.611. The van der Waals surface area contributed by atoms with Crippen LogP contribution < -0.4 is 0 Å². The zero-order valence-electron chi connectivity index (χ0n) is 15.2. The molecule has 1 aromatic rings. The predicted molar refractivity (Wildman–Crippen MR) is 87.9 cm³/mol. The molecule has 1 N–H and O–H groups in total. The summed E-state index contributed by atoms with van der Waals surface area (Å²) in [5.74, 6) is -7.17. The highest BCUT2D eigenvalue weighted by molar-refractivity contribution is 5.71. The van der Waals surface area contributed by atoms with E-state index >= 15 is 0 Å². The SMILES string of the molecule is CN(Cc1ccccc1)CC(C)(C)[C@H](CC(C(F)(F)F)C(F)(F)F)C(=O)O. The van der Waals surface area contributed by atoms with E-state index in [1.54, 1.807) is 24.1 Å². The van der Waals surface area contributed by atoms with Crippen molar-refractivity contribution in [1.82, 2.24) is 4.90 Å². The van der Waals surface area contributed by atoms with Gasteiger partial charge in [-0.25, -0.2) is 0 Å². The Morgan fingerprint density at radius 2 is 1.52 bits per heavy atom. The van der Waals surface area contributed by atoms with Crippen LogP contribution in [0, 0.1) is 17.3 Å². The van der Waals surface area contributed by atoms with Crippen molar-refractivity contribution in [2.45, 2.75) is 39.2 Å². The van der Waals surface area contributed by atoms with Crippen LogP contribution in [0.2, 0.25) is 0 Å². The Kier molecular flexibility index (Phi) is 7.32. The number of carboxylic acid groups (broad SMARTS) is 1. The number of hydrogen-bond donors (Lipinski definition) is 1. The third-order valence-electron chi connectivity index (χ3n) is 4.48. The Hall–Kier alpha value is -1.77. The normalized spacial score (nSPS) is 14.6. The van der Waals surface area contributed by atoms with Gasteiger partial charge >= 0.3 is 18.3 Å². The van der Waals surface area contributed by atoms with Crippen molar-refractivity contribution < 1.29 is 36.2 Å². The molecule has 1 aromatic carbocycles. The van der Waals surface area contributed by atoms with E-state index in [1.807, 2.05) is 18.2 Å². The lowest BCUT2D eigenvalue weighted by Gasteiger charge is -2.37. The first kappa shape index (κ1) is 23.3. The van der Waals surface area contributed by atoms with E-state index < -0.39 is 42.0 Å². The molecule has 9 heteroatoms. The highest BCUT2D eigenvalue weighted by Crippen LogP contribution is 2.46. The number of alkyl halides is 6. The minimum atomic E-state index is -5.56. The first-order valence-corrected chi connectivity index (χ1v) is 8.23. The predicted octanol–water partition coefficient (Wildman–Crippen LogP) is 4.98. The zero-order chi connectivity index (χ0) is 21.0. The average molecular weight is 399 g/mol. The lowest BCUT2D eigenvalue weighted by Crippen LogP contribution is -2.45. The van der Waals surface area contributed by atoms with Crippen molar-refractivity contribution in [2.75, 3.05) is 13.6 Å². The molecule has 0 aliphatic rings. The van der Waals surface area contributed by atoms with Crippen LogP contribution >= 0.6 is 0 Å². The highest BCUT2D eigenvalue weighted by atomic mass is 19.4. The molecule has 0 aliphatic heterocycles. The standard InChI is InChI=1S/C18H23F6NO2/c1-16(2,11-25(3)10-12-7-5-4-6-8-12)13(15(26)27)9-14(17(19,20)21)18(22,23)24/h4-8,13-14H,9-11H2,1-3H3,(H,26,27)/t13-/m1/s1. The number of benzene rings is 1. The minimum Gasteiger partial charge on any atom is -0.481 e. The summed E-state index contributed by atoms with van der Waals surface area (Å²) < 4.78 is 77.1. The Bertz CT molecular complexity index is 599. The molecule has 0 fully saturated rings. The first-order chi connectivity index (χ1) is 12.1. The Morgan fingerprint density at radius 1 is 1.04 bits per heavy atom. The van der Waals surface area contributed by atoms with Gasteiger partial charge in [0.15, 0.2) is 5.92 Å². The monoisotopic (exact) mass is 399 g/mol. The van der Waals surface area contributed by atoms with E-state index in [9.17, 15) is 36.2 Å². The molecule has 0 aliphatic carbocycles. The summed E-state index contributed by atoms with van der Waals surface area (Å²) in [6.45, 7) is 3.15. The van der Waals surface area contributed by atoms with Crippen LogP contribution in [0.1, 0.15) is 25.8 Å². The number of aliphatic carboxylic acids is 1. The van der Waals surface area contributed by atoms with Crippen molar-refractivity contribution in [3.63, 3.8) is 0 Å².